The van der Waals surface area contributed by atoms with E-state index in [1.165, 1.54) is 11.8 Å². The summed E-state index contributed by atoms with van der Waals surface area (Å²) in [7, 11) is 0. The minimum Gasteiger partial charge on any atom is -0.508 e. The topological polar surface area (TPSA) is 117 Å². The summed E-state index contributed by atoms with van der Waals surface area (Å²) < 4.78 is 10.8. The highest BCUT2D eigenvalue weighted by Crippen LogP contribution is 2.43. The number of benzene rings is 6. The summed E-state index contributed by atoms with van der Waals surface area (Å²) in [5, 5.41) is 25.5. The van der Waals surface area contributed by atoms with E-state index in [2.05, 4.69) is 10.6 Å². The first-order valence-electron chi connectivity index (χ1n) is 14.5. The third kappa shape index (κ3) is 8.10. The zero-order valence-corrected chi connectivity index (χ0v) is 25.6. The van der Waals surface area contributed by atoms with Crippen LogP contribution in [0.15, 0.2) is 155 Å². The van der Waals surface area contributed by atoms with Crippen molar-refractivity contribution in [3.8, 4) is 45.3 Å². The van der Waals surface area contributed by atoms with E-state index in [9.17, 15) is 19.8 Å². The molecule has 8 nitrogen and oxygen atoms in total. The van der Waals surface area contributed by atoms with Gasteiger partial charge in [-0.2, -0.15) is 0 Å². The summed E-state index contributed by atoms with van der Waals surface area (Å²) in [5.74, 6) is 1.10. The quantitative estimate of drug-likeness (QED) is 0.131. The number of carbonyl (C=O) groups is 2. The van der Waals surface area contributed by atoms with Crippen LogP contribution in [0.2, 0.25) is 0 Å². The molecule has 232 valence electrons. The Balaban J connectivity index is 1.32. The van der Waals surface area contributed by atoms with Gasteiger partial charge in [-0.1, -0.05) is 72.4 Å². The Morgan fingerprint density at radius 2 is 0.872 bits per heavy atom. The SMILES string of the molecule is O=C(Nc1ccc(Sc2ccc(NC(=O)Oc3ccccc3)cc2-c2ccc(O)cc2)c(-c2ccc(O)cc2)c1)Oc1ccccc1. The van der Waals surface area contributed by atoms with Crippen LogP contribution in [0.4, 0.5) is 21.0 Å². The molecule has 0 aliphatic rings. The van der Waals surface area contributed by atoms with E-state index in [-0.39, 0.29) is 11.5 Å². The van der Waals surface area contributed by atoms with Gasteiger partial charge in [0.2, 0.25) is 0 Å². The predicted octanol–water partition coefficient (Wildman–Crippen LogP) is 9.80. The van der Waals surface area contributed by atoms with E-state index >= 15 is 0 Å². The lowest BCUT2D eigenvalue weighted by atomic mass is 10.0. The Kier molecular flexibility index (Phi) is 9.36. The smallest absolute Gasteiger partial charge is 0.417 e. The van der Waals surface area contributed by atoms with Crippen LogP contribution in [-0.4, -0.2) is 22.4 Å². The molecule has 0 aliphatic carbocycles. The molecule has 0 atom stereocenters. The van der Waals surface area contributed by atoms with Gasteiger partial charge in [0.15, 0.2) is 0 Å². The van der Waals surface area contributed by atoms with Crippen molar-refractivity contribution in [2.24, 2.45) is 0 Å². The van der Waals surface area contributed by atoms with Crippen molar-refractivity contribution in [1.29, 1.82) is 0 Å². The standard InChI is InChI=1S/C38H28N2O6S/c41-29-17-11-25(12-18-29)33-23-27(39-37(43)45-31-7-3-1-4-8-31)15-21-35(33)47-36-22-16-28(24-34(36)26-13-19-30(42)20-14-26)40-38(44)46-32-9-5-2-6-10-32/h1-24,41-42H,(H,39,43)(H,40,44). The molecule has 6 aromatic rings. The fourth-order valence-corrected chi connectivity index (χ4v) is 5.81. The Bertz CT molecular complexity index is 1860. The fourth-order valence-electron chi connectivity index (χ4n) is 4.72. The van der Waals surface area contributed by atoms with Crippen LogP contribution in [0.3, 0.4) is 0 Å². The average Bonchev–Trinajstić information content (AvgIpc) is 3.08. The molecule has 0 bridgehead atoms. The van der Waals surface area contributed by atoms with Crippen molar-refractivity contribution in [1.82, 2.24) is 0 Å². The molecule has 0 radical (unpaired) electrons. The largest absolute Gasteiger partial charge is 0.508 e. The number of rotatable bonds is 8. The van der Waals surface area contributed by atoms with E-state index < -0.39 is 12.2 Å². The average molecular weight is 641 g/mol. The van der Waals surface area contributed by atoms with Crippen LogP contribution in [0, 0.1) is 0 Å². The summed E-state index contributed by atoms with van der Waals surface area (Å²) in [6, 6.07) is 42.2. The normalized spacial score (nSPS) is 10.6. The van der Waals surface area contributed by atoms with Gasteiger partial charge in [0.05, 0.1) is 0 Å². The van der Waals surface area contributed by atoms with Crippen LogP contribution in [0.25, 0.3) is 22.3 Å². The highest BCUT2D eigenvalue weighted by atomic mass is 32.2. The predicted molar refractivity (Wildman–Crippen MR) is 183 cm³/mol. The van der Waals surface area contributed by atoms with E-state index in [1.54, 1.807) is 109 Å². The molecule has 0 aromatic heterocycles. The Hall–Kier alpha value is -6.19. The molecule has 47 heavy (non-hydrogen) atoms. The lowest BCUT2D eigenvalue weighted by Gasteiger charge is -2.16. The minimum absolute atomic E-state index is 0.132. The number of anilines is 2. The maximum Gasteiger partial charge on any atom is 0.417 e. The van der Waals surface area contributed by atoms with Gasteiger partial charge in [0.1, 0.15) is 23.0 Å². The van der Waals surface area contributed by atoms with E-state index in [0.29, 0.717) is 22.9 Å². The van der Waals surface area contributed by atoms with Crippen molar-refractivity contribution >= 4 is 35.3 Å². The van der Waals surface area contributed by atoms with Gasteiger partial charge in [0, 0.05) is 21.2 Å². The van der Waals surface area contributed by atoms with Crippen molar-refractivity contribution in [2.45, 2.75) is 9.79 Å². The third-order valence-electron chi connectivity index (χ3n) is 6.94. The molecular formula is C38H28N2O6S. The van der Waals surface area contributed by atoms with Gasteiger partial charge in [0.25, 0.3) is 0 Å². The van der Waals surface area contributed by atoms with E-state index in [4.69, 9.17) is 9.47 Å². The first-order valence-corrected chi connectivity index (χ1v) is 15.3. The third-order valence-corrected chi connectivity index (χ3v) is 8.09. The molecule has 6 rings (SSSR count). The maximum atomic E-state index is 12.7. The monoisotopic (exact) mass is 640 g/mol. The fraction of sp³-hybridized carbons (Fsp3) is 0. The van der Waals surface area contributed by atoms with E-state index in [0.717, 1.165) is 32.0 Å². The second kappa shape index (κ2) is 14.3. The van der Waals surface area contributed by atoms with Crippen LogP contribution in [0.1, 0.15) is 0 Å². The zero-order chi connectivity index (χ0) is 32.6. The second-order valence-corrected chi connectivity index (χ2v) is 11.4. The molecular weight excluding hydrogens is 612 g/mol. The molecule has 0 saturated heterocycles. The number of aromatic hydroxyl groups is 2. The second-order valence-electron chi connectivity index (χ2n) is 10.3. The first kappa shape index (κ1) is 30.8. The Morgan fingerprint density at radius 1 is 0.489 bits per heavy atom. The number of phenols is 2. The summed E-state index contributed by atoms with van der Waals surface area (Å²) in [4.78, 5) is 27.0. The molecule has 0 spiro atoms. The molecule has 6 aromatic carbocycles. The van der Waals surface area contributed by atoms with Crippen molar-refractivity contribution in [3.63, 3.8) is 0 Å². The Morgan fingerprint density at radius 3 is 1.26 bits per heavy atom. The van der Waals surface area contributed by atoms with Crippen molar-refractivity contribution in [2.75, 3.05) is 10.6 Å². The molecule has 0 heterocycles. The van der Waals surface area contributed by atoms with Crippen LogP contribution in [-0.2, 0) is 0 Å². The number of carbonyl (C=O) groups excluding carboxylic acids is 2. The summed E-state index contributed by atoms with van der Waals surface area (Å²) in [6.45, 7) is 0. The molecule has 9 heteroatoms. The molecule has 4 N–H and O–H groups in total. The van der Waals surface area contributed by atoms with Gasteiger partial charge in [-0.15, -0.1) is 0 Å². The number of nitrogens with one attached hydrogen (secondary N) is 2. The van der Waals surface area contributed by atoms with Crippen LogP contribution < -0.4 is 20.1 Å². The van der Waals surface area contributed by atoms with Crippen LogP contribution >= 0.6 is 11.8 Å². The molecule has 2 amide bonds. The summed E-state index contributed by atoms with van der Waals surface area (Å²) in [5.41, 5.74) is 4.29. The number of amides is 2. The minimum atomic E-state index is -0.628. The summed E-state index contributed by atoms with van der Waals surface area (Å²) >= 11 is 1.49. The van der Waals surface area contributed by atoms with Gasteiger partial charge < -0.3 is 19.7 Å². The van der Waals surface area contributed by atoms with Gasteiger partial charge >= 0.3 is 12.2 Å². The van der Waals surface area contributed by atoms with Crippen LogP contribution in [0.5, 0.6) is 23.0 Å². The first-order chi connectivity index (χ1) is 22.9. The molecule has 0 saturated carbocycles. The number of para-hydroxylation sites is 2. The molecule has 0 aliphatic heterocycles. The van der Waals surface area contributed by atoms with Gasteiger partial charge in [-0.05, 0) is 107 Å². The van der Waals surface area contributed by atoms with E-state index in [1.807, 2.05) is 36.4 Å². The number of hydrogen-bond donors (Lipinski definition) is 4. The Labute approximate surface area is 275 Å². The van der Waals surface area contributed by atoms with Gasteiger partial charge in [-0.25, -0.2) is 9.59 Å². The number of hydrogen-bond acceptors (Lipinski definition) is 7. The molecule has 0 unspecified atom stereocenters. The highest BCUT2D eigenvalue weighted by Gasteiger charge is 2.16. The number of phenolic OH excluding ortho intramolecular Hbond substituents is 2. The zero-order valence-electron chi connectivity index (χ0n) is 24.8. The van der Waals surface area contributed by atoms with Crippen molar-refractivity contribution < 1.29 is 29.3 Å². The maximum absolute atomic E-state index is 12.7. The van der Waals surface area contributed by atoms with Crippen molar-refractivity contribution in [3.05, 3.63) is 146 Å². The lowest BCUT2D eigenvalue weighted by Crippen LogP contribution is -2.16. The van der Waals surface area contributed by atoms with Gasteiger partial charge in [-0.3, -0.25) is 10.6 Å². The number of ether oxygens (including phenoxy) is 2. The molecule has 0 fully saturated rings. The lowest BCUT2D eigenvalue weighted by molar-refractivity contribution is 0.214. The summed E-state index contributed by atoms with van der Waals surface area (Å²) in [6.07, 6.45) is -1.26. The highest BCUT2D eigenvalue weighted by molar-refractivity contribution is 7.99.